The normalized spacial score (nSPS) is 15.7. The Balaban J connectivity index is 2.01. The maximum atomic E-state index is 3.50. The van der Waals surface area contributed by atoms with Crippen molar-refractivity contribution >= 4 is 17.3 Å². The lowest BCUT2D eigenvalue weighted by molar-refractivity contribution is -0.657. The fourth-order valence-corrected chi connectivity index (χ4v) is 2.85. The van der Waals surface area contributed by atoms with E-state index in [2.05, 4.69) is 70.0 Å². The fraction of sp³-hybridized carbons (Fsp3) is 0.214. The monoisotopic (exact) mass is 239 g/mol. The van der Waals surface area contributed by atoms with Crippen LogP contribution in [0.15, 0.2) is 42.5 Å². The van der Waals surface area contributed by atoms with Crippen LogP contribution >= 0.6 is 0 Å². The number of imidazole rings is 1. The van der Waals surface area contributed by atoms with Gasteiger partial charge in [-0.05, 0) is 18.6 Å². The molecule has 2 aromatic rings. The predicted molar refractivity (Wildman–Crippen MR) is 70.6 cm³/mol. The van der Waals surface area contributed by atoms with Crippen molar-refractivity contribution in [1.82, 2.24) is 4.57 Å². The highest BCUT2D eigenvalue weighted by Gasteiger charge is 2.39. The molecule has 2 aliphatic heterocycles. The summed E-state index contributed by atoms with van der Waals surface area (Å²) in [7, 11) is 2.09. The molecule has 4 nitrogen and oxygen atoms in total. The average Bonchev–Trinajstić information content (AvgIpc) is 2.90. The van der Waals surface area contributed by atoms with E-state index in [9.17, 15) is 0 Å². The summed E-state index contributed by atoms with van der Waals surface area (Å²) in [4.78, 5) is 2.30. The van der Waals surface area contributed by atoms with Crippen LogP contribution < -0.4 is 14.8 Å². The van der Waals surface area contributed by atoms with E-state index in [1.54, 1.807) is 0 Å². The van der Waals surface area contributed by atoms with E-state index in [-0.39, 0.29) is 0 Å². The third-order valence-corrected chi connectivity index (χ3v) is 3.69. The minimum Gasteiger partial charge on any atom is -0.326 e. The van der Waals surface area contributed by atoms with Crippen LogP contribution in [0, 0.1) is 6.92 Å². The quantitative estimate of drug-likeness (QED) is 0.711. The summed E-state index contributed by atoms with van der Waals surface area (Å²) in [5.41, 5.74) is 3.74. The fourth-order valence-electron chi connectivity index (χ4n) is 2.85. The van der Waals surface area contributed by atoms with E-state index in [4.69, 9.17) is 0 Å². The number of nitrogens with one attached hydrogen (secondary N) is 1. The molecule has 1 N–H and O–H groups in total. The van der Waals surface area contributed by atoms with Crippen molar-refractivity contribution in [3.63, 3.8) is 0 Å². The van der Waals surface area contributed by atoms with Crippen LogP contribution in [0.2, 0.25) is 0 Å². The molecule has 0 bridgehead atoms. The standard InChI is InChI=1S/C14H15N4/c1-10-4-3-5-11-13(10)18-12(15-11)6-7-17-9-8-16(2)14(17)18/h3-6,8-9,15H,7H2,1-2H3/q+1. The summed E-state index contributed by atoms with van der Waals surface area (Å²) in [5.74, 6) is 2.37. The molecule has 0 saturated heterocycles. The second kappa shape index (κ2) is 3.16. The van der Waals surface area contributed by atoms with E-state index in [1.807, 2.05) is 0 Å². The van der Waals surface area contributed by atoms with Gasteiger partial charge in [0.2, 0.25) is 0 Å². The summed E-state index contributed by atoms with van der Waals surface area (Å²) in [6.07, 6.45) is 6.45. The predicted octanol–water partition coefficient (Wildman–Crippen LogP) is 2.04. The lowest BCUT2D eigenvalue weighted by atomic mass is 10.1. The molecule has 2 aliphatic rings. The zero-order valence-electron chi connectivity index (χ0n) is 10.5. The molecule has 0 amide bonds. The number of fused-ring (bicyclic) bond motifs is 5. The molecule has 1 aromatic heterocycles. The van der Waals surface area contributed by atoms with Crippen LogP contribution in [-0.2, 0) is 13.6 Å². The lowest BCUT2D eigenvalue weighted by Crippen LogP contribution is -2.37. The van der Waals surface area contributed by atoms with Crippen LogP contribution in [0.4, 0.5) is 17.3 Å². The van der Waals surface area contributed by atoms with Crippen molar-refractivity contribution in [1.29, 1.82) is 0 Å². The molecule has 4 rings (SSSR count). The van der Waals surface area contributed by atoms with Gasteiger partial charge in [0.1, 0.15) is 5.69 Å². The van der Waals surface area contributed by atoms with Crippen LogP contribution in [-0.4, -0.2) is 4.57 Å². The van der Waals surface area contributed by atoms with Crippen LogP contribution in [0.25, 0.3) is 0 Å². The Labute approximate surface area is 106 Å². The number of anilines is 3. The van der Waals surface area contributed by atoms with Crippen molar-refractivity contribution < 1.29 is 4.57 Å². The van der Waals surface area contributed by atoms with Gasteiger partial charge >= 0.3 is 5.95 Å². The smallest absolute Gasteiger partial charge is 0.326 e. The number of para-hydroxylation sites is 1. The Morgan fingerprint density at radius 3 is 3.11 bits per heavy atom. The van der Waals surface area contributed by atoms with Crippen molar-refractivity contribution in [3.8, 4) is 0 Å². The van der Waals surface area contributed by atoms with Crippen molar-refractivity contribution in [3.05, 3.63) is 48.1 Å². The van der Waals surface area contributed by atoms with Gasteiger partial charge in [-0.3, -0.25) is 0 Å². The van der Waals surface area contributed by atoms with E-state index in [0.29, 0.717) is 0 Å². The van der Waals surface area contributed by atoms with Crippen LogP contribution in [0.3, 0.4) is 0 Å². The Hall–Kier alpha value is -2.23. The molecule has 0 fully saturated rings. The van der Waals surface area contributed by atoms with Gasteiger partial charge in [0.25, 0.3) is 0 Å². The van der Waals surface area contributed by atoms with Gasteiger partial charge in [0.05, 0.1) is 31.7 Å². The van der Waals surface area contributed by atoms with Gasteiger partial charge in [-0.25, -0.2) is 9.13 Å². The number of aryl methyl sites for hydroxylation is 2. The van der Waals surface area contributed by atoms with E-state index >= 15 is 0 Å². The van der Waals surface area contributed by atoms with Gasteiger partial charge in [-0.2, -0.15) is 4.90 Å². The Morgan fingerprint density at radius 1 is 1.33 bits per heavy atom. The number of rotatable bonds is 0. The molecule has 1 aromatic carbocycles. The molecule has 90 valence electrons. The average molecular weight is 239 g/mol. The zero-order valence-corrected chi connectivity index (χ0v) is 10.5. The second-order valence-corrected chi connectivity index (χ2v) is 4.88. The summed E-state index contributed by atoms with van der Waals surface area (Å²) in [6.45, 7) is 3.08. The van der Waals surface area contributed by atoms with Crippen molar-refractivity contribution in [2.24, 2.45) is 7.05 Å². The Kier molecular flexibility index (Phi) is 1.71. The van der Waals surface area contributed by atoms with Gasteiger partial charge in [0.15, 0.2) is 5.82 Å². The molecule has 3 heterocycles. The molecule has 0 spiro atoms. The molecule has 0 unspecified atom stereocenters. The topological polar surface area (TPSA) is 24.1 Å². The molecule has 0 saturated carbocycles. The van der Waals surface area contributed by atoms with Crippen molar-refractivity contribution in [2.75, 3.05) is 10.2 Å². The maximum Gasteiger partial charge on any atom is 0.371 e. The largest absolute Gasteiger partial charge is 0.371 e. The summed E-state index contributed by atoms with van der Waals surface area (Å²) in [6, 6.07) is 6.39. The van der Waals surface area contributed by atoms with Gasteiger partial charge < -0.3 is 5.32 Å². The number of allylic oxidation sites excluding steroid dienone is 1. The first-order valence-electron chi connectivity index (χ1n) is 6.17. The van der Waals surface area contributed by atoms with E-state index < -0.39 is 0 Å². The van der Waals surface area contributed by atoms with Crippen LogP contribution in [0.5, 0.6) is 0 Å². The zero-order chi connectivity index (χ0) is 12.3. The number of nitrogens with zero attached hydrogens (tertiary/aromatic N) is 3. The minimum atomic E-state index is 0.919. The summed E-state index contributed by atoms with van der Waals surface area (Å²) < 4.78 is 4.42. The molecular formula is C14H15N4+. The van der Waals surface area contributed by atoms with Gasteiger partial charge in [-0.1, -0.05) is 12.1 Å². The first-order chi connectivity index (χ1) is 8.75. The first kappa shape index (κ1) is 9.76. The third kappa shape index (κ3) is 1.07. The van der Waals surface area contributed by atoms with Gasteiger partial charge in [-0.15, -0.1) is 0 Å². The highest BCUT2D eigenvalue weighted by molar-refractivity contribution is 5.87. The third-order valence-electron chi connectivity index (χ3n) is 3.69. The lowest BCUT2D eigenvalue weighted by Gasteiger charge is -2.19. The second-order valence-electron chi connectivity index (χ2n) is 4.88. The highest BCUT2D eigenvalue weighted by Crippen LogP contribution is 2.44. The number of aromatic nitrogens is 2. The van der Waals surface area contributed by atoms with Gasteiger partial charge in [0, 0.05) is 6.08 Å². The van der Waals surface area contributed by atoms with Crippen molar-refractivity contribution in [2.45, 2.75) is 13.5 Å². The Morgan fingerprint density at radius 2 is 2.22 bits per heavy atom. The molecular weight excluding hydrogens is 224 g/mol. The minimum absolute atomic E-state index is 0.919. The summed E-state index contributed by atoms with van der Waals surface area (Å²) >= 11 is 0. The molecule has 0 aliphatic carbocycles. The Bertz CT molecular complexity index is 681. The number of hydrogen-bond acceptors (Lipinski definition) is 2. The summed E-state index contributed by atoms with van der Waals surface area (Å²) in [5, 5.41) is 3.50. The molecule has 0 radical (unpaired) electrons. The molecule has 0 atom stereocenters. The maximum absolute atomic E-state index is 3.50. The number of benzene rings is 1. The van der Waals surface area contributed by atoms with E-state index in [1.165, 1.54) is 28.7 Å². The first-order valence-corrected chi connectivity index (χ1v) is 6.17. The SMILES string of the molecule is Cc1cccc2c1N1C(=CCn3cc[n+](C)c31)N2. The number of hydrogen-bond donors (Lipinski definition) is 1. The molecule has 4 heteroatoms. The van der Waals surface area contributed by atoms with Crippen LogP contribution in [0.1, 0.15) is 5.56 Å². The van der Waals surface area contributed by atoms with E-state index in [0.717, 1.165) is 6.54 Å². The highest BCUT2D eigenvalue weighted by atomic mass is 15.4. The molecule has 18 heavy (non-hydrogen) atoms.